The van der Waals surface area contributed by atoms with E-state index in [-0.39, 0.29) is 11.8 Å². The van der Waals surface area contributed by atoms with Crippen LogP contribution in [0.2, 0.25) is 0 Å². The van der Waals surface area contributed by atoms with Gasteiger partial charge in [0.25, 0.3) is 0 Å². The predicted octanol–water partition coefficient (Wildman–Crippen LogP) is 0.685. The van der Waals surface area contributed by atoms with E-state index in [4.69, 9.17) is 4.74 Å². The molecule has 0 radical (unpaired) electrons. The maximum atomic E-state index is 11.2. The Morgan fingerprint density at radius 1 is 1.58 bits per heavy atom. The smallest absolute Gasteiger partial charge is 0.149 e. The van der Waals surface area contributed by atoms with Gasteiger partial charge in [0.1, 0.15) is 5.78 Å². The van der Waals surface area contributed by atoms with Gasteiger partial charge in [-0.05, 0) is 20.8 Å². The fourth-order valence-corrected chi connectivity index (χ4v) is 1.59. The first-order valence-electron chi connectivity index (χ1n) is 4.47. The molecule has 0 aromatic heterocycles. The van der Waals surface area contributed by atoms with Gasteiger partial charge >= 0.3 is 0 Å². The highest BCUT2D eigenvalue weighted by Crippen LogP contribution is 2.11. The van der Waals surface area contributed by atoms with E-state index in [1.54, 1.807) is 6.92 Å². The number of nitrogens with zero attached hydrogens (tertiary/aromatic N) is 1. The summed E-state index contributed by atoms with van der Waals surface area (Å²) in [5.74, 6) is 0.211. The van der Waals surface area contributed by atoms with Crippen molar-refractivity contribution in [3.8, 4) is 0 Å². The molecule has 1 rings (SSSR count). The lowest BCUT2D eigenvalue weighted by Gasteiger charge is -2.36. The number of hydrogen-bond acceptors (Lipinski definition) is 3. The van der Waals surface area contributed by atoms with Gasteiger partial charge < -0.3 is 4.74 Å². The maximum Gasteiger partial charge on any atom is 0.149 e. The highest BCUT2D eigenvalue weighted by atomic mass is 16.5. The number of carbonyl (C=O) groups excluding carboxylic acids is 1. The molecular formula is C9H17NO2. The minimum atomic E-state index is -0.0150. The molecule has 0 amide bonds. The van der Waals surface area contributed by atoms with Gasteiger partial charge in [-0.3, -0.25) is 9.69 Å². The summed E-state index contributed by atoms with van der Waals surface area (Å²) in [7, 11) is 0. The SMILES string of the molecule is CC(=O)C1COCCN1C(C)C. The standard InChI is InChI=1S/C9H17NO2/c1-7(2)10-4-5-12-6-9(10)8(3)11/h7,9H,4-6H2,1-3H3. The fourth-order valence-electron chi connectivity index (χ4n) is 1.59. The fraction of sp³-hybridized carbons (Fsp3) is 0.889. The van der Waals surface area contributed by atoms with Gasteiger partial charge in [-0.2, -0.15) is 0 Å². The number of hydrogen-bond donors (Lipinski definition) is 0. The summed E-state index contributed by atoms with van der Waals surface area (Å²) in [6.45, 7) is 8.05. The Labute approximate surface area is 73.7 Å². The first-order chi connectivity index (χ1) is 5.63. The second-order valence-electron chi connectivity index (χ2n) is 3.53. The molecular weight excluding hydrogens is 154 g/mol. The molecule has 1 heterocycles. The number of Topliss-reactive ketones (excluding diaryl/α,β-unsaturated/α-hetero) is 1. The van der Waals surface area contributed by atoms with Gasteiger partial charge in [-0.25, -0.2) is 0 Å². The van der Waals surface area contributed by atoms with Crippen molar-refractivity contribution in [2.24, 2.45) is 0 Å². The van der Waals surface area contributed by atoms with E-state index in [1.807, 2.05) is 0 Å². The molecule has 3 nitrogen and oxygen atoms in total. The van der Waals surface area contributed by atoms with Crippen LogP contribution in [0.1, 0.15) is 20.8 Å². The number of morpholine rings is 1. The number of rotatable bonds is 2. The molecule has 1 saturated heterocycles. The highest BCUT2D eigenvalue weighted by Gasteiger charge is 2.28. The molecule has 0 spiro atoms. The lowest BCUT2D eigenvalue weighted by Crippen LogP contribution is -2.52. The normalized spacial score (nSPS) is 26.2. The Bertz CT molecular complexity index is 168. The average Bonchev–Trinajstić information content (AvgIpc) is 2.04. The predicted molar refractivity (Wildman–Crippen MR) is 47.1 cm³/mol. The van der Waals surface area contributed by atoms with Crippen molar-refractivity contribution in [1.29, 1.82) is 0 Å². The topological polar surface area (TPSA) is 29.5 Å². The Hall–Kier alpha value is -0.410. The Morgan fingerprint density at radius 3 is 2.67 bits per heavy atom. The summed E-state index contributed by atoms with van der Waals surface area (Å²) in [5, 5.41) is 0. The van der Waals surface area contributed by atoms with Crippen molar-refractivity contribution >= 4 is 5.78 Å². The number of ketones is 1. The zero-order valence-electron chi connectivity index (χ0n) is 8.04. The van der Waals surface area contributed by atoms with Crippen LogP contribution in [0.25, 0.3) is 0 Å². The van der Waals surface area contributed by atoms with Crippen molar-refractivity contribution in [1.82, 2.24) is 4.90 Å². The monoisotopic (exact) mass is 171 g/mol. The third-order valence-corrected chi connectivity index (χ3v) is 2.30. The van der Waals surface area contributed by atoms with Crippen molar-refractivity contribution in [2.45, 2.75) is 32.9 Å². The van der Waals surface area contributed by atoms with Crippen molar-refractivity contribution in [3.05, 3.63) is 0 Å². The van der Waals surface area contributed by atoms with Crippen LogP contribution < -0.4 is 0 Å². The summed E-state index contributed by atoms with van der Waals surface area (Å²) in [6, 6.07) is 0.418. The molecule has 0 N–H and O–H groups in total. The molecule has 0 saturated carbocycles. The maximum absolute atomic E-state index is 11.2. The molecule has 1 fully saturated rings. The van der Waals surface area contributed by atoms with Crippen molar-refractivity contribution in [2.75, 3.05) is 19.8 Å². The van der Waals surface area contributed by atoms with Gasteiger partial charge in [-0.15, -0.1) is 0 Å². The number of ether oxygens (including phenoxy) is 1. The minimum Gasteiger partial charge on any atom is -0.378 e. The zero-order valence-corrected chi connectivity index (χ0v) is 8.04. The van der Waals surface area contributed by atoms with E-state index in [1.165, 1.54) is 0 Å². The summed E-state index contributed by atoms with van der Waals surface area (Å²) < 4.78 is 5.26. The van der Waals surface area contributed by atoms with Gasteiger partial charge in [-0.1, -0.05) is 0 Å². The van der Waals surface area contributed by atoms with Crippen LogP contribution in [-0.4, -0.2) is 42.5 Å². The van der Waals surface area contributed by atoms with E-state index >= 15 is 0 Å². The van der Waals surface area contributed by atoms with E-state index in [0.29, 0.717) is 12.6 Å². The summed E-state index contributed by atoms with van der Waals surface area (Å²) in [4.78, 5) is 13.4. The first-order valence-corrected chi connectivity index (χ1v) is 4.47. The van der Waals surface area contributed by atoms with E-state index < -0.39 is 0 Å². The van der Waals surface area contributed by atoms with Gasteiger partial charge in [0.2, 0.25) is 0 Å². The molecule has 1 atom stereocenters. The molecule has 3 heteroatoms. The molecule has 12 heavy (non-hydrogen) atoms. The van der Waals surface area contributed by atoms with Crippen molar-refractivity contribution in [3.63, 3.8) is 0 Å². The van der Waals surface area contributed by atoms with Crippen LogP contribution in [-0.2, 0) is 9.53 Å². The van der Waals surface area contributed by atoms with Crippen molar-refractivity contribution < 1.29 is 9.53 Å². The average molecular weight is 171 g/mol. The molecule has 0 aromatic rings. The second-order valence-corrected chi connectivity index (χ2v) is 3.53. The minimum absolute atomic E-state index is 0.0150. The van der Waals surface area contributed by atoms with Crippen LogP contribution >= 0.6 is 0 Å². The summed E-state index contributed by atoms with van der Waals surface area (Å²) in [5.41, 5.74) is 0. The van der Waals surface area contributed by atoms with E-state index in [0.717, 1.165) is 13.2 Å². The molecule has 1 aliphatic heterocycles. The van der Waals surface area contributed by atoms with Crippen LogP contribution in [0.3, 0.4) is 0 Å². The molecule has 0 aliphatic carbocycles. The summed E-state index contributed by atoms with van der Waals surface area (Å²) >= 11 is 0. The molecule has 1 aliphatic rings. The lowest BCUT2D eigenvalue weighted by atomic mass is 10.1. The molecule has 0 aromatic carbocycles. The largest absolute Gasteiger partial charge is 0.378 e. The Kier molecular flexibility index (Phi) is 3.23. The molecule has 70 valence electrons. The quantitative estimate of drug-likeness (QED) is 0.612. The molecule has 1 unspecified atom stereocenters. The second kappa shape index (κ2) is 4.01. The lowest BCUT2D eigenvalue weighted by molar-refractivity contribution is -0.129. The third-order valence-electron chi connectivity index (χ3n) is 2.30. The van der Waals surface area contributed by atoms with E-state index in [2.05, 4.69) is 18.7 Å². The zero-order chi connectivity index (χ0) is 9.14. The highest BCUT2D eigenvalue weighted by molar-refractivity contribution is 5.81. The number of carbonyl (C=O) groups is 1. The molecule has 0 bridgehead atoms. The van der Waals surface area contributed by atoms with Crippen LogP contribution in [0.4, 0.5) is 0 Å². The Balaban J connectivity index is 2.60. The van der Waals surface area contributed by atoms with Crippen LogP contribution in [0.15, 0.2) is 0 Å². The van der Waals surface area contributed by atoms with Crippen LogP contribution in [0.5, 0.6) is 0 Å². The van der Waals surface area contributed by atoms with Gasteiger partial charge in [0.05, 0.1) is 19.3 Å². The van der Waals surface area contributed by atoms with Crippen LogP contribution in [0, 0.1) is 0 Å². The van der Waals surface area contributed by atoms with Gasteiger partial charge in [0, 0.05) is 12.6 Å². The third kappa shape index (κ3) is 2.05. The van der Waals surface area contributed by atoms with Gasteiger partial charge in [0.15, 0.2) is 0 Å². The first kappa shape index (κ1) is 9.68. The Morgan fingerprint density at radius 2 is 2.25 bits per heavy atom. The summed E-state index contributed by atoms with van der Waals surface area (Å²) in [6.07, 6.45) is 0. The van der Waals surface area contributed by atoms with E-state index in [9.17, 15) is 4.79 Å².